The maximum absolute atomic E-state index is 12.6. The lowest BCUT2D eigenvalue weighted by atomic mass is 9.92. The fourth-order valence-corrected chi connectivity index (χ4v) is 3.23. The van der Waals surface area contributed by atoms with E-state index in [0.29, 0.717) is 12.3 Å². The van der Waals surface area contributed by atoms with Crippen LogP contribution < -0.4 is 0 Å². The molecule has 6 nitrogen and oxygen atoms in total. The van der Waals surface area contributed by atoms with Gasteiger partial charge >= 0.3 is 0 Å². The summed E-state index contributed by atoms with van der Waals surface area (Å²) >= 11 is 0. The third-order valence-corrected chi connectivity index (χ3v) is 4.56. The van der Waals surface area contributed by atoms with Crippen molar-refractivity contribution in [2.75, 3.05) is 13.1 Å². The van der Waals surface area contributed by atoms with Crippen LogP contribution in [-0.4, -0.2) is 39.3 Å². The van der Waals surface area contributed by atoms with E-state index in [4.69, 9.17) is 4.52 Å². The standard InChI is InChI=1S/C16H22N4O2/c1-10-8-17-18-16(10)13-5-4-6-20(9-13)15(21)7-14-11(2)19-22-12(14)3/h8,13H,4-7,9H2,1-3H3,(H,17,18)/t13-/m1/s1. The normalized spacial score (nSPS) is 18.7. The summed E-state index contributed by atoms with van der Waals surface area (Å²) in [4.78, 5) is 14.6. The Morgan fingerprint density at radius 1 is 1.45 bits per heavy atom. The van der Waals surface area contributed by atoms with Gasteiger partial charge in [0.15, 0.2) is 0 Å². The first-order valence-corrected chi connectivity index (χ1v) is 7.75. The Bertz CT molecular complexity index is 654. The first-order chi connectivity index (χ1) is 10.6. The molecule has 0 radical (unpaired) electrons. The van der Waals surface area contributed by atoms with Crippen LogP contribution >= 0.6 is 0 Å². The summed E-state index contributed by atoms with van der Waals surface area (Å²) in [5.74, 6) is 1.24. The molecule has 1 atom stereocenters. The van der Waals surface area contributed by atoms with Crippen molar-refractivity contribution in [2.45, 2.75) is 46.0 Å². The molecule has 2 aromatic rings. The molecule has 0 bridgehead atoms. The Hall–Kier alpha value is -2.11. The molecule has 118 valence electrons. The summed E-state index contributed by atoms with van der Waals surface area (Å²) in [6, 6.07) is 0. The summed E-state index contributed by atoms with van der Waals surface area (Å²) in [5, 5.41) is 11.1. The van der Waals surface area contributed by atoms with E-state index in [1.165, 1.54) is 5.56 Å². The largest absolute Gasteiger partial charge is 0.361 e. The number of rotatable bonds is 3. The maximum atomic E-state index is 12.6. The van der Waals surface area contributed by atoms with Gasteiger partial charge in [-0.1, -0.05) is 5.16 Å². The van der Waals surface area contributed by atoms with Crippen molar-refractivity contribution in [1.29, 1.82) is 0 Å². The number of aromatic nitrogens is 3. The van der Waals surface area contributed by atoms with E-state index < -0.39 is 0 Å². The SMILES string of the molecule is Cc1cn[nH]c1[C@@H]1CCCN(C(=O)Cc2c(C)noc2C)C1. The predicted octanol–water partition coefficient (Wildman–Crippen LogP) is 2.27. The van der Waals surface area contributed by atoms with Gasteiger partial charge in [-0.2, -0.15) is 5.10 Å². The van der Waals surface area contributed by atoms with Gasteiger partial charge in [-0.05, 0) is 39.2 Å². The van der Waals surface area contributed by atoms with Crippen LogP contribution in [0.3, 0.4) is 0 Å². The molecule has 1 aliphatic rings. The Kier molecular flexibility index (Phi) is 4.00. The zero-order valence-corrected chi connectivity index (χ0v) is 13.3. The zero-order valence-electron chi connectivity index (χ0n) is 13.3. The van der Waals surface area contributed by atoms with Crippen molar-refractivity contribution in [3.05, 3.63) is 34.5 Å². The lowest BCUT2D eigenvalue weighted by Crippen LogP contribution is -2.40. The number of likely N-dealkylation sites (tertiary alicyclic amines) is 1. The van der Waals surface area contributed by atoms with Gasteiger partial charge < -0.3 is 9.42 Å². The molecule has 22 heavy (non-hydrogen) atoms. The van der Waals surface area contributed by atoms with Gasteiger partial charge in [-0.3, -0.25) is 9.89 Å². The number of nitrogens with zero attached hydrogens (tertiary/aromatic N) is 3. The molecular weight excluding hydrogens is 280 g/mol. The van der Waals surface area contributed by atoms with Crippen molar-refractivity contribution >= 4 is 5.91 Å². The second-order valence-corrected chi connectivity index (χ2v) is 6.13. The van der Waals surface area contributed by atoms with Gasteiger partial charge in [0.05, 0.1) is 18.3 Å². The minimum Gasteiger partial charge on any atom is -0.361 e. The van der Waals surface area contributed by atoms with Crippen LogP contribution in [0.15, 0.2) is 10.7 Å². The number of nitrogens with one attached hydrogen (secondary N) is 1. The fourth-order valence-electron chi connectivity index (χ4n) is 3.23. The van der Waals surface area contributed by atoms with Crippen molar-refractivity contribution in [2.24, 2.45) is 0 Å². The first-order valence-electron chi connectivity index (χ1n) is 7.75. The maximum Gasteiger partial charge on any atom is 0.227 e. The molecule has 1 fully saturated rings. The molecule has 3 rings (SSSR count). The van der Waals surface area contributed by atoms with Crippen molar-refractivity contribution in [3.8, 4) is 0 Å². The number of amides is 1. The zero-order chi connectivity index (χ0) is 15.7. The highest BCUT2D eigenvalue weighted by atomic mass is 16.5. The molecule has 0 aromatic carbocycles. The summed E-state index contributed by atoms with van der Waals surface area (Å²) in [7, 11) is 0. The van der Waals surface area contributed by atoms with E-state index >= 15 is 0 Å². The first kappa shape index (κ1) is 14.8. The molecule has 1 N–H and O–H groups in total. The van der Waals surface area contributed by atoms with Crippen LogP contribution in [0.25, 0.3) is 0 Å². The number of carbonyl (C=O) groups excluding carboxylic acids is 1. The highest BCUT2D eigenvalue weighted by Crippen LogP contribution is 2.28. The molecule has 1 saturated heterocycles. The molecule has 0 saturated carbocycles. The van der Waals surface area contributed by atoms with E-state index in [1.807, 2.05) is 24.9 Å². The van der Waals surface area contributed by atoms with E-state index in [-0.39, 0.29) is 5.91 Å². The van der Waals surface area contributed by atoms with Gasteiger partial charge in [0.25, 0.3) is 0 Å². The number of carbonyl (C=O) groups is 1. The smallest absolute Gasteiger partial charge is 0.227 e. The molecule has 0 unspecified atom stereocenters. The second-order valence-electron chi connectivity index (χ2n) is 6.13. The molecule has 6 heteroatoms. The third-order valence-electron chi connectivity index (χ3n) is 4.56. The fraction of sp³-hybridized carbons (Fsp3) is 0.562. The molecule has 0 spiro atoms. The van der Waals surface area contributed by atoms with Gasteiger partial charge in [-0.25, -0.2) is 0 Å². The van der Waals surface area contributed by atoms with Gasteiger partial charge in [0.1, 0.15) is 5.76 Å². The van der Waals surface area contributed by atoms with Crippen molar-refractivity contribution in [3.63, 3.8) is 0 Å². The molecule has 2 aromatic heterocycles. The Morgan fingerprint density at radius 2 is 2.27 bits per heavy atom. The third kappa shape index (κ3) is 2.77. The number of aromatic amines is 1. The van der Waals surface area contributed by atoms with Gasteiger partial charge in [-0.15, -0.1) is 0 Å². The average molecular weight is 302 g/mol. The summed E-state index contributed by atoms with van der Waals surface area (Å²) in [6.07, 6.45) is 4.34. The molecule has 1 amide bonds. The predicted molar refractivity (Wildman–Crippen MR) is 81.6 cm³/mol. The number of hydrogen-bond acceptors (Lipinski definition) is 4. The van der Waals surface area contributed by atoms with E-state index in [9.17, 15) is 4.79 Å². The molecule has 3 heterocycles. The van der Waals surface area contributed by atoms with Crippen molar-refractivity contribution < 1.29 is 9.32 Å². The van der Waals surface area contributed by atoms with E-state index in [0.717, 1.165) is 48.6 Å². The van der Waals surface area contributed by atoms with Gasteiger partial charge in [0, 0.05) is 30.3 Å². The van der Waals surface area contributed by atoms with E-state index in [1.54, 1.807) is 0 Å². The number of H-pyrrole nitrogens is 1. The Morgan fingerprint density at radius 3 is 2.91 bits per heavy atom. The van der Waals surface area contributed by atoms with E-state index in [2.05, 4.69) is 22.3 Å². The minimum atomic E-state index is 0.149. The summed E-state index contributed by atoms with van der Waals surface area (Å²) < 4.78 is 5.15. The molecular formula is C16H22N4O2. The summed E-state index contributed by atoms with van der Waals surface area (Å²) in [5.41, 5.74) is 4.06. The quantitative estimate of drug-likeness (QED) is 0.943. The van der Waals surface area contributed by atoms with Crippen LogP contribution in [0.2, 0.25) is 0 Å². The number of aryl methyl sites for hydroxylation is 3. The monoisotopic (exact) mass is 302 g/mol. The molecule has 0 aliphatic carbocycles. The van der Waals surface area contributed by atoms with Crippen LogP contribution in [0.4, 0.5) is 0 Å². The van der Waals surface area contributed by atoms with Gasteiger partial charge in [0.2, 0.25) is 5.91 Å². The Balaban J connectivity index is 1.69. The Labute approximate surface area is 129 Å². The second kappa shape index (κ2) is 5.94. The average Bonchev–Trinajstić information content (AvgIpc) is 3.08. The van der Waals surface area contributed by atoms with Crippen molar-refractivity contribution in [1.82, 2.24) is 20.3 Å². The van der Waals surface area contributed by atoms with Crippen LogP contribution in [0.5, 0.6) is 0 Å². The highest BCUT2D eigenvalue weighted by Gasteiger charge is 2.27. The van der Waals surface area contributed by atoms with Crippen LogP contribution in [-0.2, 0) is 11.2 Å². The lowest BCUT2D eigenvalue weighted by molar-refractivity contribution is -0.131. The minimum absolute atomic E-state index is 0.149. The van der Waals surface area contributed by atoms with Crippen LogP contribution in [0.1, 0.15) is 47.0 Å². The summed E-state index contributed by atoms with van der Waals surface area (Å²) in [6.45, 7) is 7.38. The van der Waals surface area contributed by atoms with Crippen LogP contribution in [0, 0.1) is 20.8 Å². The lowest BCUT2D eigenvalue weighted by Gasteiger charge is -2.32. The number of piperidine rings is 1. The number of hydrogen-bond donors (Lipinski definition) is 1. The topological polar surface area (TPSA) is 75.0 Å². The highest BCUT2D eigenvalue weighted by molar-refractivity contribution is 5.79. The molecule has 1 aliphatic heterocycles.